The highest BCUT2D eigenvalue weighted by molar-refractivity contribution is 5.76. The van der Waals surface area contributed by atoms with Crippen LogP contribution >= 0.6 is 0 Å². The molecule has 1 N–H and O–H groups in total. The first-order valence-electron chi connectivity index (χ1n) is 9.67. The molecule has 0 aromatic heterocycles. The summed E-state index contributed by atoms with van der Waals surface area (Å²) in [7, 11) is 1.69. The number of amides is 1. The molecule has 0 bridgehead atoms. The first kappa shape index (κ1) is 18.5. The Hall–Kier alpha value is -2.29. The number of carbonyl (C=O) groups excluding carboxylic acids is 1. The molecule has 0 aliphatic heterocycles. The SMILES string of the molecule is COc1ccc(C2(CNC(=O)CCCc3ccccc3)CCCC2)cc1. The lowest BCUT2D eigenvalue weighted by molar-refractivity contribution is -0.121. The third-order valence-electron chi connectivity index (χ3n) is 5.60. The quantitative estimate of drug-likeness (QED) is 0.752. The van der Waals surface area contributed by atoms with E-state index in [1.54, 1.807) is 7.11 Å². The van der Waals surface area contributed by atoms with Crippen LogP contribution in [0.15, 0.2) is 54.6 Å². The minimum atomic E-state index is 0.0847. The van der Waals surface area contributed by atoms with E-state index < -0.39 is 0 Å². The van der Waals surface area contributed by atoms with Crippen LogP contribution in [0.25, 0.3) is 0 Å². The topological polar surface area (TPSA) is 38.3 Å². The van der Waals surface area contributed by atoms with E-state index in [1.807, 2.05) is 30.3 Å². The zero-order valence-corrected chi connectivity index (χ0v) is 15.7. The molecule has 0 radical (unpaired) electrons. The maximum Gasteiger partial charge on any atom is 0.220 e. The molecule has 1 saturated carbocycles. The van der Waals surface area contributed by atoms with Crippen LogP contribution in [0, 0.1) is 0 Å². The lowest BCUT2D eigenvalue weighted by Gasteiger charge is -2.30. The summed E-state index contributed by atoms with van der Waals surface area (Å²) in [6, 6.07) is 18.7. The zero-order valence-electron chi connectivity index (χ0n) is 15.7. The van der Waals surface area contributed by atoms with Crippen molar-refractivity contribution in [2.24, 2.45) is 0 Å². The van der Waals surface area contributed by atoms with E-state index in [0.717, 1.165) is 38.0 Å². The van der Waals surface area contributed by atoms with Crippen molar-refractivity contribution in [1.29, 1.82) is 0 Å². The minimum absolute atomic E-state index is 0.0847. The van der Waals surface area contributed by atoms with Crippen molar-refractivity contribution in [2.75, 3.05) is 13.7 Å². The number of methoxy groups -OCH3 is 1. The average molecular weight is 351 g/mol. The summed E-state index contributed by atoms with van der Waals surface area (Å²) in [5.41, 5.74) is 2.70. The van der Waals surface area contributed by atoms with E-state index in [-0.39, 0.29) is 11.3 Å². The molecule has 1 aliphatic rings. The summed E-state index contributed by atoms with van der Waals surface area (Å²) in [5.74, 6) is 1.05. The third kappa shape index (κ3) is 4.66. The second-order valence-electron chi connectivity index (χ2n) is 7.33. The van der Waals surface area contributed by atoms with Gasteiger partial charge in [0.1, 0.15) is 5.75 Å². The van der Waals surface area contributed by atoms with Crippen molar-refractivity contribution in [2.45, 2.75) is 50.4 Å². The number of aryl methyl sites for hydroxylation is 1. The van der Waals surface area contributed by atoms with E-state index in [4.69, 9.17) is 4.74 Å². The maximum atomic E-state index is 12.3. The first-order valence-corrected chi connectivity index (χ1v) is 9.67. The molecule has 0 spiro atoms. The molecule has 138 valence electrons. The molecule has 0 unspecified atom stereocenters. The van der Waals surface area contributed by atoms with Crippen molar-refractivity contribution in [3.8, 4) is 5.75 Å². The van der Waals surface area contributed by atoms with Gasteiger partial charge >= 0.3 is 0 Å². The molecule has 2 aromatic rings. The molecular formula is C23H29NO2. The Balaban J connectivity index is 1.52. The number of nitrogens with one attached hydrogen (secondary N) is 1. The molecule has 1 amide bonds. The molecule has 1 aliphatic carbocycles. The highest BCUT2D eigenvalue weighted by Gasteiger charge is 2.35. The van der Waals surface area contributed by atoms with Gasteiger partial charge in [0, 0.05) is 18.4 Å². The molecule has 26 heavy (non-hydrogen) atoms. The number of rotatable bonds is 8. The molecule has 2 aromatic carbocycles. The maximum absolute atomic E-state index is 12.3. The fourth-order valence-corrected chi connectivity index (χ4v) is 4.02. The Kier molecular flexibility index (Phi) is 6.32. The van der Waals surface area contributed by atoms with Gasteiger partial charge in [-0.15, -0.1) is 0 Å². The normalized spacial score (nSPS) is 15.6. The van der Waals surface area contributed by atoms with Crippen LogP contribution in [0.3, 0.4) is 0 Å². The highest BCUT2D eigenvalue weighted by atomic mass is 16.5. The fraction of sp³-hybridized carbons (Fsp3) is 0.435. The van der Waals surface area contributed by atoms with E-state index in [2.05, 4.69) is 29.6 Å². The van der Waals surface area contributed by atoms with Crippen LogP contribution in [0.4, 0.5) is 0 Å². The number of hydrogen-bond acceptors (Lipinski definition) is 2. The fourth-order valence-electron chi connectivity index (χ4n) is 4.02. The standard InChI is InChI=1S/C23H29NO2/c1-26-21-14-12-20(13-15-21)23(16-5-6-17-23)18-24-22(25)11-7-10-19-8-3-2-4-9-19/h2-4,8-9,12-15H,5-7,10-11,16-18H2,1H3,(H,24,25). The van der Waals surface area contributed by atoms with Gasteiger partial charge in [0.15, 0.2) is 0 Å². The molecule has 1 fully saturated rings. The summed E-state index contributed by atoms with van der Waals surface area (Å²) in [4.78, 5) is 12.3. The van der Waals surface area contributed by atoms with Gasteiger partial charge in [-0.1, -0.05) is 55.3 Å². The number of carbonyl (C=O) groups is 1. The van der Waals surface area contributed by atoms with Gasteiger partial charge in [0.05, 0.1) is 7.11 Å². The van der Waals surface area contributed by atoms with Crippen LogP contribution in [-0.4, -0.2) is 19.6 Å². The zero-order chi connectivity index (χ0) is 18.2. The Morgan fingerprint density at radius 3 is 2.38 bits per heavy atom. The van der Waals surface area contributed by atoms with Crippen LogP contribution in [-0.2, 0) is 16.6 Å². The van der Waals surface area contributed by atoms with E-state index in [1.165, 1.54) is 24.0 Å². The molecular weight excluding hydrogens is 322 g/mol. The van der Waals surface area contributed by atoms with Crippen molar-refractivity contribution in [1.82, 2.24) is 5.32 Å². The second kappa shape index (κ2) is 8.88. The summed E-state index contributed by atoms with van der Waals surface area (Å²) in [5, 5.41) is 3.21. The Morgan fingerprint density at radius 2 is 1.73 bits per heavy atom. The molecule has 3 heteroatoms. The summed E-state index contributed by atoms with van der Waals surface area (Å²) in [6.45, 7) is 0.740. The van der Waals surface area contributed by atoms with Gasteiger partial charge in [0.2, 0.25) is 5.91 Å². The largest absolute Gasteiger partial charge is 0.497 e. The van der Waals surface area contributed by atoms with Crippen molar-refractivity contribution in [3.05, 3.63) is 65.7 Å². The van der Waals surface area contributed by atoms with Gasteiger partial charge in [-0.3, -0.25) is 4.79 Å². The predicted molar refractivity (Wildman–Crippen MR) is 106 cm³/mol. The number of benzene rings is 2. The monoisotopic (exact) mass is 351 g/mol. The molecule has 0 atom stereocenters. The molecule has 0 saturated heterocycles. The van der Waals surface area contributed by atoms with Crippen molar-refractivity contribution in [3.63, 3.8) is 0 Å². The summed E-state index contributed by atoms with van der Waals surface area (Å²) in [6.07, 6.45) is 7.19. The Bertz CT molecular complexity index is 688. The smallest absolute Gasteiger partial charge is 0.220 e. The molecule has 3 rings (SSSR count). The van der Waals surface area contributed by atoms with Crippen LogP contribution in [0.2, 0.25) is 0 Å². The first-order chi connectivity index (χ1) is 12.7. The minimum Gasteiger partial charge on any atom is -0.497 e. The van der Waals surface area contributed by atoms with Crippen LogP contribution in [0.1, 0.15) is 49.7 Å². The van der Waals surface area contributed by atoms with Gasteiger partial charge < -0.3 is 10.1 Å². The van der Waals surface area contributed by atoms with Gasteiger partial charge in [-0.25, -0.2) is 0 Å². The van der Waals surface area contributed by atoms with E-state index >= 15 is 0 Å². The third-order valence-corrected chi connectivity index (χ3v) is 5.60. The van der Waals surface area contributed by atoms with Crippen molar-refractivity contribution < 1.29 is 9.53 Å². The van der Waals surface area contributed by atoms with Gasteiger partial charge in [-0.2, -0.15) is 0 Å². The summed E-state index contributed by atoms with van der Waals surface area (Å²) < 4.78 is 5.27. The lowest BCUT2D eigenvalue weighted by atomic mass is 9.78. The van der Waals surface area contributed by atoms with Crippen molar-refractivity contribution >= 4 is 5.91 Å². The highest BCUT2D eigenvalue weighted by Crippen LogP contribution is 2.41. The van der Waals surface area contributed by atoms with Crippen LogP contribution < -0.4 is 10.1 Å². The number of hydrogen-bond donors (Lipinski definition) is 1. The van der Waals surface area contributed by atoms with Gasteiger partial charge in [0.25, 0.3) is 0 Å². The van der Waals surface area contributed by atoms with Crippen LogP contribution in [0.5, 0.6) is 5.75 Å². The summed E-state index contributed by atoms with van der Waals surface area (Å²) >= 11 is 0. The molecule has 0 heterocycles. The van der Waals surface area contributed by atoms with E-state index in [9.17, 15) is 4.79 Å². The lowest BCUT2D eigenvalue weighted by Crippen LogP contribution is -2.39. The average Bonchev–Trinajstić information content (AvgIpc) is 3.17. The Morgan fingerprint density at radius 1 is 1.04 bits per heavy atom. The second-order valence-corrected chi connectivity index (χ2v) is 7.33. The Labute approximate surface area is 156 Å². The molecule has 3 nitrogen and oxygen atoms in total. The number of ether oxygens (including phenoxy) is 1. The predicted octanol–water partition coefficient (Wildman–Crippen LogP) is 4.65. The van der Waals surface area contributed by atoms with E-state index in [0.29, 0.717) is 6.42 Å². The van der Waals surface area contributed by atoms with Gasteiger partial charge in [-0.05, 0) is 48.9 Å².